The highest BCUT2D eigenvalue weighted by atomic mass is 16.3. The van der Waals surface area contributed by atoms with E-state index in [2.05, 4.69) is 39.5 Å². The lowest BCUT2D eigenvalue weighted by Gasteiger charge is -2.24. The fraction of sp³-hybridized carbons (Fsp3) is 0.389. The molecule has 1 aliphatic heterocycles. The van der Waals surface area contributed by atoms with Crippen LogP contribution in [-0.2, 0) is 6.54 Å². The molecular formula is C18H23N3O. The molecule has 0 saturated carbocycles. The molecule has 1 aromatic carbocycles. The zero-order valence-corrected chi connectivity index (χ0v) is 12.9. The Hall–Kier alpha value is -1.91. The molecule has 0 aliphatic carbocycles. The number of hydrogen-bond acceptors (Lipinski definition) is 4. The third-order valence-electron chi connectivity index (χ3n) is 4.14. The molecule has 0 spiro atoms. The minimum absolute atomic E-state index is 0.235. The molecule has 0 bridgehead atoms. The number of nitrogens with one attached hydrogen (secondary N) is 1. The highest BCUT2D eigenvalue weighted by Gasteiger charge is 2.30. The van der Waals surface area contributed by atoms with E-state index in [1.54, 1.807) is 0 Å². The van der Waals surface area contributed by atoms with E-state index >= 15 is 0 Å². The Morgan fingerprint density at radius 3 is 2.77 bits per heavy atom. The smallest absolute Gasteiger partial charge is 0.126 e. The highest BCUT2D eigenvalue weighted by Crippen LogP contribution is 2.21. The van der Waals surface area contributed by atoms with Gasteiger partial charge in [-0.3, -0.25) is 4.90 Å². The van der Waals surface area contributed by atoms with Crippen LogP contribution in [0.1, 0.15) is 17.7 Å². The summed E-state index contributed by atoms with van der Waals surface area (Å²) in [5, 5.41) is 13.4. The molecule has 116 valence electrons. The van der Waals surface area contributed by atoms with Gasteiger partial charge in [0.15, 0.2) is 0 Å². The van der Waals surface area contributed by atoms with Gasteiger partial charge in [0.05, 0.1) is 6.10 Å². The van der Waals surface area contributed by atoms with Crippen molar-refractivity contribution in [3.63, 3.8) is 0 Å². The minimum Gasteiger partial charge on any atom is -0.392 e. The van der Waals surface area contributed by atoms with Gasteiger partial charge in [-0.1, -0.05) is 36.4 Å². The zero-order chi connectivity index (χ0) is 15.4. The number of anilines is 1. The van der Waals surface area contributed by atoms with Crippen molar-refractivity contribution < 1.29 is 5.11 Å². The lowest BCUT2D eigenvalue weighted by molar-refractivity contribution is 0.173. The molecule has 2 N–H and O–H groups in total. The Labute approximate surface area is 131 Å². The normalized spacial score (nSPS) is 21.9. The summed E-state index contributed by atoms with van der Waals surface area (Å²) in [7, 11) is 0. The average Bonchev–Trinajstić information content (AvgIpc) is 2.86. The number of aliphatic hydroxyl groups is 1. The summed E-state index contributed by atoms with van der Waals surface area (Å²) in [6.07, 6.45) is 0.576. The van der Waals surface area contributed by atoms with Crippen LogP contribution in [0.4, 0.5) is 5.82 Å². The first-order valence-corrected chi connectivity index (χ1v) is 7.84. The van der Waals surface area contributed by atoms with Crippen LogP contribution in [0.15, 0.2) is 48.5 Å². The van der Waals surface area contributed by atoms with E-state index in [0.29, 0.717) is 6.04 Å². The average molecular weight is 297 g/mol. The van der Waals surface area contributed by atoms with E-state index in [9.17, 15) is 5.11 Å². The van der Waals surface area contributed by atoms with Gasteiger partial charge in [0, 0.05) is 31.4 Å². The van der Waals surface area contributed by atoms with Crippen LogP contribution in [0.2, 0.25) is 0 Å². The quantitative estimate of drug-likeness (QED) is 0.890. The van der Waals surface area contributed by atoms with Crippen molar-refractivity contribution in [3.8, 4) is 0 Å². The van der Waals surface area contributed by atoms with E-state index < -0.39 is 0 Å². The SMILES string of the molecule is Cc1cccc(NC[C@H]2C[C@H](O)CN2Cc2ccccc2)n1. The maximum absolute atomic E-state index is 10.0. The maximum atomic E-state index is 10.0. The zero-order valence-electron chi connectivity index (χ0n) is 12.9. The Morgan fingerprint density at radius 2 is 2.00 bits per heavy atom. The van der Waals surface area contributed by atoms with Crippen molar-refractivity contribution in [1.29, 1.82) is 0 Å². The van der Waals surface area contributed by atoms with Gasteiger partial charge in [0.1, 0.15) is 5.82 Å². The summed E-state index contributed by atoms with van der Waals surface area (Å²) in [5.74, 6) is 0.904. The van der Waals surface area contributed by atoms with Gasteiger partial charge in [0.2, 0.25) is 0 Å². The molecular weight excluding hydrogens is 274 g/mol. The number of aliphatic hydroxyl groups excluding tert-OH is 1. The second-order valence-corrected chi connectivity index (χ2v) is 6.00. The Bertz CT molecular complexity index is 602. The monoisotopic (exact) mass is 297 g/mol. The summed E-state index contributed by atoms with van der Waals surface area (Å²) in [6, 6.07) is 16.7. The van der Waals surface area contributed by atoms with Gasteiger partial charge in [-0.25, -0.2) is 4.98 Å². The molecule has 3 rings (SSSR count). The number of hydrogen-bond donors (Lipinski definition) is 2. The third kappa shape index (κ3) is 3.84. The van der Waals surface area contributed by atoms with Gasteiger partial charge in [0.25, 0.3) is 0 Å². The van der Waals surface area contributed by atoms with E-state index in [1.165, 1.54) is 5.56 Å². The van der Waals surface area contributed by atoms with Crippen LogP contribution >= 0.6 is 0 Å². The van der Waals surface area contributed by atoms with Gasteiger partial charge in [-0.15, -0.1) is 0 Å². The van der Waals surface area contributed by atoms with Crippen LogP contribution in [0.3, 0.4) is 0 Å². The van der Waals surface area contributed by atoms with Crippen LogP contribution in [0.5, 0.6) is 0 Å². The Balaban J connectivity index is 1.61. The lowest BCUT2D eigenvalue weighted by Crippen LogP contribution is -2.34. The molecule has 1 saturated heterocycles. The van der Waals surface area contributed by atoms with E-state index in [4.69, 9.17) is 0 Å². The summed E-state index contributed by atoms with van der Waals surface area (Å²) in [6.45, 7) is 4.42. The largest absolute Gasteiger partial charge is 0.392 e. The molecule has 0 radical (unpaired) electrons. The first kappa shape index (κ1) is 15.0. The molecule has 1 aliphatic rings. The van der Waals surface area contributed by atoms with Gasteiger partial charge in [-0.2, -0.15) is 0 Å². The molecule has 2 heterocycles. The van der Waals surface area contributed by atoms with Crippen LogP contribution in [-0.4, -0.2) is 40.2 Å². The summed E-state index contributed by atoms with van der Waals surface area (Å²) < 4.78 is 0. The molecule has 1 fully saturated rings. The van der Waals surface area contributed by atoms with Crippen molar-refractivity contribution >= 4 is 5.82 Å². The second-order valence-electron chi connectivity index (χ2n) is 6.00. The van der Waals surface area contributed by atoms with Crippen molar-refractivity contribution in [3.05, 3.63) is 59.8 Å². The lowest BCUT2D eigenvalue weighted by atomic mass is 10.1. The summed E-state index contributed by atoms with van der Waals surface area (Å²) in [5.41, 5.74) is 2.30. The fourth-order valence-corrected chi connectivity index (χ4v) is 3.05. The fourth-order valence-electron chi connectivity index (χ4n) is 3.05. The second kappa shape index (κ2) is 6.90. The van der Waals surface area contributed by atoms with Crippen molar-refractivity contribution in [2.45, 2.75) is 32.0 Å². The van der Waals surface area contributed by atoms with E-state index in [-0.39, 0.29) is 6.10 Å². The highest BCUT2D eigenvalue weighted by molar-refractivity contribution is 5.35. The maximum Gasteiger partial charge on any atom is 0.126 e. The predicted octanol–water partition coefficient (Wildman–Crippen LogP) is 2.44. The Kier molecular flexibility index (Phi) is 4.71. The molecule has 0 unspecified atom stereocenters. The molecule has 4 nitrogen and oxygen atoms in total. The number of pyridine rings is 1. The number of β-amino-alcohol motifs (C(OH)–C–C–N with tert-alkyl or cyclic N) is 1. The van der Waals surface area contributed by atoms with Crippen LogP contribution in [0.25, 0.3) is 0 Å². The Morgan fingerprint density at radius 1 is 1.18 bits per heavy atom. The van der Waals surface area contributed by atoms with Crippen LogP contribution in [0, 0.1) is 6.92 Å². The van der Waals surface area contributed by atoms with Gasteiger partial charge in [-0.05, 0) is 31.0 Å². The minimum atomic E-state index is -0.235. The molecule has 4 heteroatoms. The summed E-state index contributed by atoms with van der Waals surface area (Å²) in [4.78, 5) is 6.82. The number of benzene rings is 1. The molecule has 1 aromatic heterocycles. The number of aromatic nitrogens is 1. The van der Waals surface area contributed by atoms with Gasteiger partial charge >= 0.3 is 0 Å². The number of aryl methyl sites for hydroxylation is 1. The third-order valence-corrected chi connectivity index (χ3v) is 4.14. The molecule has 0 amide bonds. The van der Waals surface area contributed by atoms with Crippen LogP contribution < -0.4 is 5.32 Å². The predicted molar refractivity (Wildman–Crippen MR) is 88.7 cm³/mol. The van der Waals surface area contributed by atoms with Gasteiger partial charge < -0.3 is 10.4 Å². The molecule has 2 aromatic rings. The molecule has 22 heavy (non-hydrogen) atoms. The topological polar surface area (TPSA) is 48.4 Å². The van der Waals surface area contributed by atoms with Crippen molar-refractivity contribution in [2.75, 3.05) is 18.4 Å². The van der Waals surface area contributed by atoms with Crippen molar-refractivity contribution in [1.82, 2.24) is 9.88 Å². The molecule has 2 atom stereocenters. The standard InChI is InChI=1S/C18H23N3O/c1-14-6-5-9-18(20-14)19-11-16-10-17(22)13-21(16)12-15-7-3-2-4-8-15/h2-9,16-17,22H,10-13H2,1H3,(H,19,20)/t16-,17+/m1/s1. The van der Waals surface area contributed by atoms with E-state index in [0.717, 1.165) is 37.6 Å². The first-order chi connectivity index (χ1) is 10.7. The first-order valence-electron chi connectivity index (χ1n) is 7.84. The number of rotatable bonds is 5. The summed E-state index contributed by atoms with van der Waals surface area (Å²) >= 11 is 0. The number of likely N-dealkylation sites (tertiary alicyclic amines) is 1. The van der Waals surface area contributed by atoms with Crippen molar-refractivity contribution in [2.24, 2.45) is 0 Å². The number of nitrogens with zero attached hydrogens (tertiary/aromatic N) is 2. The van der Waals surface area contributed by atoms with E-state index in [1.807, 2.05) is 31.2 Å².